The van der Waals surface area contributed by atoms with E-state index in [-0.39, 0.29) is 11.3 Å². The van der Waals surface area contributed by atoms with Crippen molar-refractivity contribution in [2.45, 2.75) is 0 Å². The Balaban J connectivity index is 0.000000384. The molecule has 0 aliphatic rings. The highest BCUT2D eigenvalue weighted by atomic mass is 16.4. The summed E-state index contributed by atoms with van der Waals surface area (Å²) in [5, 5.41) is 58.3. The van der Waals surface area contributed by atoms with Gasteiger partial charge in [0.1, 0.15) is 17.1 Å². The standard InChI is InChI=1S/C7H6O4.C4H4O6/c8-4-1-2-5(7(10)11)6(9)3-4;5-1(3(7)8)2(6)4(9)10/h1-3,8-9H,(H,10,11);5-6H,(H,7,8)(H,9,10)/b;2-1+. The molecule has 0 amide bonds. The van der Waals surface area contributed by atoms with Crippen molar-refractivity contribution in [1.82, 2.24) is 0 Å². The number of aromatic hydroxyl groups is 2. The summed E-state index contributed by atoms with van der Waals surface area (Å²) in [5.74, 6) is -8.74. The number of rotatable bonds is 3. The third kappa shape index (κ3) is 5.38. The fourth-order valence-corrected chi connectivity index (χ4v) is 0.903. The average Bonchev–Trinajstić information content (AvgIpc) is 2.36. The maximum atomic E-state index is 10.3. The lowest BCUT2D eigenvalue weighted by Gasteiger charge is -1.97. The Morgan fingerprint density at radius 2 is 1.19 bits per heavy atom. The lowest BCUT2D eigenvalue weighted by atomic mass is 10.2. The maximum Gasteiger partial charge on any atom is 0.375 e. The van der Waals surface area contributed by atoms with Crippen LogP contribution in [-0.2, 0) is 9.59 Å². The van der Waals surface area contributed by atoms with Gasteiger partial charge in [0.15, 0.2) is 0 Å². The number of benzene rings is 1. The van der Waals surface area contributed by atoms with Crippen LogP contribution in [0, 0.1) is 0 Å². The molecule has 0 aliphatic heterocycles. The first kappa shape index (κ1) is 17.6. The van der Waals surface area contributed by atoms with Crippen LogP contribution in [0.3, 0.4) is 0 Å². The first-order valence-electron chi connectivity index (χ1n) is 4.92. The van der Waals surface area contributed by atoms with Gasteiger partial charge in [0.2, 0.25) is 0 Å². The highest BCUT2D eigenvalue weighted by molar-refractivity contribution is 5.95. The highest BCUT2D eigenvalue weighted by Crippen LogP contribution is 2.21. The normalized spacial score (nSPS) is 10.7. The fourth-order valence-electron chi connectivity index (χ4n) is 0.903. The van der Waals surface area contributed by atoms with Crippen LogP contribution in [-0.4, -0.2) is 53.7 Å². The van der Waals surface area contributed by atoms with E-state index < -0.39 is 35.2 Å². The SMILES string of the molecule is O=C(O)/C(O)=C(\O)C(=O)O.O=C(O)c1ccc(O)cc1O. The number of aliphatic carboxylic acids is 2. The number of carbonyl (C=O) groups is 3. The molecule has 0 heterocycles. The molecule has 0 aromatic heterocycles. The lowest BCUT2D eigenvalue weighted by Crippen LogP contribution is -2.10. The van der Waals surface area contributed by atoms with E-state index >= 15 is 0 Å². The number of hydrogen-bond donors (Lipinski definition) is 7. The van der Waals surface area contributed by atoms with Gasteiger partial charge in [-0.1, -0.05) is 0 Å². The van der Waals surface area contributed by atoms with E-state index in [0.717, 1.165) is 12.1 Å². The van der Waals surface area contributed by atoms with E-state index in [1.54, 1.807) is 0 Å². The molecule has 0 radical (unpaired) electrons. The van der Waals surface area contributed by atoms with Gasteiger partial charge < -0.3 is 35.7 Å². The van der Waals surface area contributed by atoms with Gasteiger partial charge in [-0.25, -0.2) is 14.4 Å². The number of aliphatic hydroxyl groups is 2. The fraction of sp³-hybridized carbons (Fsp3) is 0. The van der Waals surface area contributed by atoms with Crippen LogP contribution in [0.5, 0.6) is 11.5 Å². The summed E-state index contributed by atoms with van der Waals surface area (Å²) in [6, 6.07) is 3.31. The van der Waals surface area contributed by atoms with E-state index in [1.807, 2.05) is 0 Å². The van der Waals surface area contributed by atoms with Gasteiger partial charge in [0, 0.05) is 6.07 Å². The molecule has 114 valence electrons. The molecular weight excluding hydrogens is 292 g/mol. The molecule has 21 heavy (non-hydrogen) atoms. The summed E-state index contributed by atoms with van der Waals surface area (Å²) >= 11 is 0. The number of aliphatic hydroxyl groups excluding tert-OH is 2. The Bertz CT molecular complexity index is 579. The van der Waals surface area contributed by atoms with Gasteiger partial charge in [-0.2, -0.15) is 0 Å². The minimum absolute atomic E-state index is 0.160. The van der Waals surface area contributed by atoms with E-state index in [9.17, 15) is 14.4 Å². The molecule has 1 rings (SSSR count). The predicted molar refractivity (Wildman–Crippen MR) is 64.3 cm³/mol. The topological polar surface area (TPSA) is 193 Å². The molecule has 0 aliphatic carbocycles. The maximum absolute atomic E-state index is 10.3. The van der Waals surface area contributed by atoms with Crippen LogP contribution in [0.4, 0.5) is 0 Å². The summed E-state index contributed by atoms with van der Waals surface area (Å²) in [5.41, 5.74) is -0.220. The largest absolute Gasteiger partial charge is 0.508 e. The molecular formula is C11H10O10. The van der Waals surface area contributed by atoms with Crippen molar-refractivity contribution in [3.05, 3.63) is 35.3 Å². The number of carboxylic acid groups (broad SMARTS) is 3. The Morgan fingerprint density at radius 1 is 0.762 bits per heavy atom. The van der Waals surface area contributed by atoms with Crippen molar-refractivity contribution < 1.29 is 50.1 Å². The minimum atomic E-state index is -1.89. The molecule has 1 aromatic rings. The monoisotopic (exact) mass is 302 g/mol. The average molecular weight is 302 g/mol. The zero-order chi connectivity index (χ0) is 16.7. The van der Waals surface area contributed by atoms with Crippen molar-refractivity contribution in [1.29, 1.82) is 0 Å². The van der Waals surface area contributed by atoms with Gasteiger partial charge in [0.25, 0.3) is 11.5 Å². The lowest BCUT2D eigenvalue weighted by molar-refractivity contribution is -0.140. The van der Waals surface area contributed by atoms with E-state index in [1.165, 1.54) is 6.07 Å². The number of hydrogen-bond acceptors (Lipinski definition) is 7. The van der Waals surface area contributed by atoms with Crippen LogP contribution in [0.1, 0.15) is 10.4 Å². The minimum Gasteiger partial charge on any atom is -0.508 e. The molecule has 0 spiro atoms. The number of carboxylic acids is 3. The number of aromatic carboxylic acids is 1. The Kier molecular flexibility index (Phi) is 6.05. The quantitative estimate of drug-likeness (QED) is 0.301. The van der Waals surface area contributed by atoms with Crippen LogP contribution >= 0.6 is 0 Å². The summed E-state index contributed by atoms with van der Waals surface area (Å²) in [7, 11) is 0. The third-order valence-corrected chi connectivity index (χ3v) is 1.84. The van der Waals surface area contributed by atoms with E-state index in [0.29, 0.717) is 0 Å². The summed E-state index contributed by atoms with van der Waals surface area (Å²) < 4.78 is 0. The van der Waals surface area contributed by atoms with Crippen molar-refractivity contribution in [2.24, 2.45) is 0 Å². The highest BCUT2D eigenvalue weighted by Gasteiger charge is 2.17. The Morgan fingerprint density at radius 3 is 1.48 bits per heavy atom. The van der Waals surface area contributed by atoms with Gasteiger partial charge >= 0.3 is 17.9 Å². The first-order chi connectivity index (χ1) is 9.57. The third-order valence-electron chi connectivity index (χ3n) is 1.84. The first-order valence-corrected chi connectivity index (χ1v) is 4.92. The van der Waals surface area contributed by atoms with Crippen LogP contribution in [0.2, 0.25) is 0 Å². The van der Waals surface area contributed by atoms with Gasteiger partial charge in [-0.05, 0) is 12.1 Å². The zero-order valence-corrected chi connectivity index (χ0v) is 10.1. The Hall–Kier alpha value is -3.43. The Labute approximate surface area is 116 Å². The smallest absolute Gasteiger partial charge is 0.375 e. The molecule has 0 unspecified atom stereocenters. The van der Waals surface area contributed by atoms with Gasteiger partial charge in [0.05, 0.1) is 0 Å². The second kappa shape index (κ2) is 7.23. The molecule has 0 saturated carbocycles. The van der Waals surface area contributed by atoms with Gasteiger partial charge in [-0.15, -0.1) is 0 Å². The van der Waals surface area contributed by atoms with E-state index in [4.69, 9.17) is 35.7 Å². The zero-order valence-electron chi connectivity index (χ0n) is 10.1. The van der Waals surface area contributed by atoms with E-state index in [2.05, 4.69) is 0 Å². The molecule has 10 nitrogen and oxygen atoms in total. The summed E-state index contributed by atoms with van der Waals surface area (Å²) in [4.78, 5) is 29.7. The molecule has 0 saturated heterocycles. The second-order valence-electron chi connectivity index (χ2n) is 3.31. The van der Waals surface area contributed by atoms with Crippen LogP contribution in [0.15, 0.2) is 29.7 Å². The van der Waals surface area contributed by atoms with Crippen LogP contribution < -0.4 is 0 Å². The molecule has 0 atom stereocenters. The van der Waals surface area contributed by atoms with Crippen molar-refractivity contribution in [3.8, 4) is 11.5 Å². The molecule has 7 N–H and O–H groups in total. The van der Waals surface area contributed by atoms with Crippen molar-refractivity contribution in [3.63, 3.8) is 0 Å². The molecule has 0 fully saturated rings. The summed E-state index contributed by atoms with van der Waals surface area (Å²) in [6.07, 6.45) is 0. The number of phenolic OH excluding ortho intramolecular Hbond substituents is 1. The molecule has 0 bridgehead atoms. The van der Waals surface area contributed by atoms with Crippen molar-refractivity contribution >= 4 is 17.9 Å². The molecule has 1 aromatic carbocycles. The summed E-state index contributed by atoms with van der Waals surface area (Å²) in [6.45, 7) is 0. The van der Waals surface area contributed by atoms with Crippen LogP contribution in [0.25, 0.3) is 0 Å². The molecule has 10 heteroatoms. The van der Waals surface area contributed by atoms with Gasteiger partial charge in [-0.3, -0.25) is 0 Å². The number of phenols is 2. The second-order valence-corrected chi connectivity index (χ2v) is 3.31. The predicted octanol–water partition coefficient (Wildman–Crippen LogP) is 0.279. The van der Waals surface area contributed by atoms with Crippen molar-refractivity contribution in [2.75, 3.05) is 0 Å².